The molecule has 2 unspecified atom stereocenters. The van der Waals surface area contributed by atoms with Crippen LogP contribution >= 0.6 is 0 Å². The summed E-state index contributed by atoms with van der Waals surface area (Å²) >= 11 is 0. The molecule has 7 heteroatoms. The van der Waals surface area contributed by atoms with Gasteiger partial charge in [-0.05, 0) is 44.5 Å². The molecule has 0 spiro atoms. The predicted octanol–water partition coefficient (Wildman–Crippen LogP) is 2.10. The van der Waals surface area contributed by atoms with Gasteiger partial charge >= 0.3 is 0 Å². The molecule has 2 fully saturated rings. The van der Waals surface area contributed by atoms with Crippen molar-refractivity contribution in [1.29, 1.82) is 0 Å². The van der Waals surface area contributed by atoms with Crippen LogP contribution in [0.5, 0.6) is 0 Å². The van der Waals surface area contributed by atoms with Gasteiger partial charge < -0.3 is 24.6 Å². The fourth-order valence-corrected chi connectivity index (χ4v) is 3.72. The number of ether oxygens (including phenoxy) is 2. The summed E-state index contributed by atoms with van der Waals surface area (Å²) in [4.78, 5) is 9.32. The third-order valence-electron chi connectivity index (χ3n) is 5.22. The lowest BCUT2D eigenvalue weighted by molar-refractivity contribution is -0.0817. The Kier molecular flexibility index (Phi) is 8.06. The van der Waals surface area contributed by atoms with Crippen LogP contribution in [0.25, 0.3) is 0 Å². The highest BCUT2D eigenvalue weighted by atomic mass is 19.1. The first-order chi connectivity index (χ1) is 13.7. The van der Waals surface area contributed by atoms with Gasteiger partial charge in [-0.1, -0.05) is 12.1 Å². The van der Waals surface area contributed by atoms with Crippen molar-refractivity contribution in [3.63, 3.8) is 0 Å². The van der Waals surface area contributed by atoms with Crippen molar-refractivity contribution in [2.75, 3.05) is 53.0 Å². The van der Waals surface area contributed by atoms with Gasteiger partial charge in [-0.15, -0.1) is 0 Å². The number of nitrogens with one attached hydrogen (secondary N) is 1. The average molecular weight is 393 g/mol. The maximum absolute atomic E-state index is 13.0. The number of nitrogens with zero attached hydrogens (tertiary/aromatic N) is 3. The molecule has 0 aliphatic carbocycles. The zero-order chi connectivity index (χ0) is 19.8. The average Bonchev–Trinajstić information content (AvgIpc) is 3.24. The zero-order valence-corrected chi connectivity index (χ0v) is 17.1. The second kappa shape index (κ2) is 10.7. The highest BCUT2D eigenvalue weighted by Crippen LogP contribution is 2.21. The van der Waals surface area contributed by atoms with Crippen molar-refractivity contribution in [3.8, 4) is 0 Å². The highest BCUT2D eigenvalue weighted by Gasteiger charge is 2.32. The molecule has 1 aromatic carbocycles. The van der Waals surface area contributed by atoms with Crippen LogP contribution in [0.15, 0.2) is 29.3 Å². The van der Waals surface area contributed by atoms with Crippen LogP contribution in [0.2, 0.25) is 0 Å². The lowest BCUT2D eigenvalue weighted by Crippen LogP contribution is -2.53. The molecule has 0 radical (unpaired) electrons. The van der Waals surface area contributed by atoms with E-state index >= 15 is 0 Å². The maximum atomic E-state index is 13.0. The van der Waals surface area contributed by atoms with Crippen LogP contribution in [0.1, 0.15) is 25.3 Å². The van der Waals surface area contributed by atoms with Gasteiger partial charge in [0.1, 0.15) is 11.9 Å². The molecule has 1 N–H and O–H groups in total. The summed E-state index contributed by atoms with van der Waals surface area (Å²) in [5, 5.41) is 3.41. The molecule has 156 valence electrons. The van der Waals surface area contributed by atoms with E-state index in [0.29, 0.717) is 13.2 Å². The van der Waals surface area contributed by atoms with Gasteiger partial charge in [0.25, 0.3) is 0 Å². The van der Waals surface area contributed by atoms with Gasteiger partial charge in [-0.3, -0.25) is 4.99 Å². The molecule has 2 atom stereocenters. The monoisotopic (exact) mass is 392 g/mol. The first-order valence-corrected chi connectivity index (χ1v) is 10.3. The van der Waals surface area contributed by atoms with E-state index in [0.717, 1.165) is 63.7 Å². The van der Waals surface area contributed by atoms with E-state index in [4.69, 9.17) is 14.5 Å². The number of likely N-dealkylation sites (N-methyl/N-ethyl adjacent to an activating group) is 1. The summed E-state index contributed by atoms with van der Waals surface area (Å²) < 4.78 is 24.8. The number of hydrogen-bond acceptors (Lipinski definition) is 4. The smallest absolute Gasteiger partial charge is 0.194 e. The molecule has 0 bridgehead atoms. The molecule has 0 amide bonds. The largest absolute Gasteiger partial charge is 0.375 e. The molecular formula is C21H33FN4O2. The quantitative estimate of drug-likeness (QED) is 0.569. The molecule has 0 saturated carbocycles. The first kappa shape index (κ1) is 21.0. The predicted molar refractivity (Wildman–Crippen MR) is 109 cm³/mol. The second-order valence-corrected chi connectivity index (χ2v) is 7.51. The summed E-state index contributed by atoms with van der Waals surface area (Å²) in [6, 6.07) is 6.68. The Morgan fingerprint density at radius 3 is 2.75 bits per heavy atom. The standard InChI is InChI=1S/C21H33FN4O2/c1-3-23-21(26-12-14-28-20(16-26)19-5-4-13-27-19)24-10-11-25(2)15-17-6-8-18(22)9-7-17/h6-9,19-20H,3-5,10-16H2,1-2H3,(H,23,24). The molecule has 3 rings (SSSR count). The van der Waals surface area contributed by atoms with Gasteiger partial charge in [0.05, 0.1) is 19.3 Å². The van der Waals surface area contributed by atoms with Gasteiger partial charge in [0.15, 0.2) is 5.96 Å². The number of guanidine groups is 1. The minimum Gasteiger partial charge on any atom is -0.375 e. The minimum absolute atomic E-state index is 0.126. The van der Waals surface area contributed by atoms with E-state index in [1.807, 2.05) is 12.1 Å². The highest BCUT2D eigenvalue weighted by molar-refractivity contribution is 5.80. The number of aliphatic imine (C=N–C) groups is 1. The van der Waals surface area contributed by atoms with E-state index < -0.39 is 0 Å². The van der Waals surface area contributed by atoms with Crippen molar-refractivity contribution in [2.24, 2.45) is 4.99 Å². The lowest BCUT2D eigenvalue weighted by Gasteiger charge is -2.37. The van der Waals surface area contributed by atoms with Crippen molar-refractivity contribution in [2.45, 2.75) is 38.5 Å². The van der Waals surface area contributed by atoms with E-state index in [9.17, 15) is 4.39 Å². The molecule has 2 heterocycles. The number of rotatable bonds is 7. The first-order valence-electron chi connectivity index (χ1n) is 10.3. The van der Waals surface area contributed by atoms with E-state index in [-0.39, 0.29) is 18.0 Å². The Labute approximate surface area is 167 Å². The summed E-state index contributed by atoms with van der Waals surface area (Å²) in [6.45, 7) is 8.49. The molecule has 0 aromatic heterocycles. The van der Waals surface area contributed by atoms with Crippen molar-refractivity contribution < 1.29 is 13.9 Å². The molecule has 2 aliphatic heterocycles. The Morgan fingerprint density at radius 1 is 1.25 bits per heavy atom. The number of benzene rings is 1. The molecule has 1 aromatic rings. The summed E-state index contributed by atoms with van der Waals surface area (Å²) in [7, 11) is 2.06. The number of halogens is 1. The van der Waals surface area contributed by atoms with Gasteiger partial charge in [0, 0.05) is 39.3 Å². The Hall–Kier alpha value is -1.70. The van der Waals surface area contributed by atoms with E-state index in [1.54, 1.807) is 0 Å². The van der Waals surface area contributed by atoms with Crippen LogP contribution in [0.4, 0.5) is 4.39 Å². The van der Waals surface area contributed by atoms with Gasteiger partial charge in [-0.25, -0.2) is 4.39 Å². The molecule has 6 nitrogen and oxygen atoms in total. The van der Waals surface area contributed by atoms with Crippen LogP contribution in [0, 0.1) is 5.82 Å². The van der Waals surface area contributed by atoms with Crippen molar-refractivity contribution in [1.82, 2.24) is 15.1 Å². The topological polar surface area (TPSA) is 49.3 Å². The lowest BCUT2D eigenvalue weighted by atomic mass is 10.1. The third-order valence-corrected chi connectivity index (χ3v) is 5.22. The van der Waals surface area contributed by atoms with Gasteiger partial charge in [0.2, 0.25) is 0 Å². The molecular weight excluding hydrogens is 359 g/mol. The Morgan fingerprint density at radius 2 is 2.04 bits per heavy atom. The number of hydrogen-bond donors (Lipinski definition) is 1. The summed E-state index contributed by atoms with van der Waals surface area (Å²) in [5.74, 6) is 0.752. The van der Waals surface area contributed by atoms with Crippen LogP contribution < -0.4 is 5.32 Å². The Bertz CT molecular complexity index is 619. The normalized spacial score (nSPS) is 23.4. The molecule has 28 heavy (non-hydrogen) atoms. The van der Waals surface area contributed by atoms with Crippen molar-refractivity contribution >= 4 is 5.96 Å². The second-order valence-electron chi connectivity index (χ2n) is 7.51. The zero-order valence-electron chi connectivity index (χ0n) is 17.1. The summed E-state index contributed by atoms with van der Waals surface area (Å²) in [6.07, 6.45) is 2.55. The molecule has 2 aliphatic rings. The van der Waals surface area contributed by atoms with Crippen LogP contribution in [0.3, 0.4) is 0 Å². The van der Waals surface area contributed by atoms with E-state index in [1.165, 1.54) is 12.1 Å². The SMILES string of the molecule is CCNC(=NCCN(C)Cc1ccc(F)cc1)N1CCOC(C2CCCO2)C1. The Balaban J connectivity index is 1.50. The van der Waals surface area contributed by atoms with E-state index in [2.05, 4.69) is 29.1 Å². The number of morpholine rings is 1. The third kappa shape index (κ3) is 6.15. The van der Waals surface area contributed by atoms with Crippen LogP contribution in [-0.2, 0) is 16.0 Å². The van der Waals surface area contributed by atoms with Crippen molar-refractivity contribution in [3.05, 3.63) is 35.6 Å². The maximum Gasteiger partial charge on any atom is 0.194 e. The van der Waals surface area contributed by atoms with Gasteiger partial charge in [-0.2, -0.15) is 0 Å². The van der Waals surface area contributed by atoms with Crippen LogP contribution in [-0.4, -0.2) is 81.0 Å². The summed E-state index contributed by atoms with van der Waals surface area (Å²) in [5.41, 5.74) is 1.10. The molecule has 2 saturated heterocycles. The fourth-order valence-electron chi connectivity index (χ4n) is 3.72. The minimum atomic E-state index is -0.196. The fraction of sp³-hybridized carbons (Fsp3) is 0.667.